The fourth-order valence-corrected chi connectivity index (χ4v) is 1.92. The highest BCUT2D eigenvalue weighted by molar-refractivity contribution is 5.20. The van der Waals surface area contributed by atoms with Gasteiger partial charge in [0.25, 0.3) is 0 Å². The first-order valence-corrected chi connectivity index (χ1v) is 6.30. The van der Waals surface area contributed by atoms with Crippen molar-refractivity contribution in [2.24, 2.45) is 0 Å². The smallest absolute Gasteiger partial charge is 0.159 e. The van der Waals surface area contributed by atoms with Gasteiger partial charge in [0.2, 0.25) is 0 Å². The molecular formula is C14H21F2NO2. The first kappa shape index (κ1) is 16.0. The van der Waals surface area contributed by atoms with Gasteiger partial charge in [-0.25, -0.2) is 8.78 Å². The van der Waals surface area contributed by atoms with Crippen LogP contribution in [-0.4, -0.2) is 40.3 Å². The molecule has 0 bridgehead atoms. The van der Waals surface area contributed by atoms with Gasteiger partial charge in [-0.15, -0.1) is 0 Å². The van der Waals surface area contributed by atoms with E-state index in [9.17, 15) is 19.0 Å². The number of benzene rings is 1. The highest BCUT2D eigenvalue weighted by Gasteiger charge is 2.20. The standard InChI is InChI=1S/C14H21F2NO2/c1-4-17(9-14(2,3)19)8-13(18)10-5-6-11(15)12(16)7-10/h5-7,13,18-19H,4,8-9H2,1-3H3. The number of aliphatic hydroxyl groups is 2. The van der Waals surface area contributed by atoms with Crippen LogP contribution in [0.2, 0.25) is 0 Å². The zero-order chi connectivity index (χ0) is 14.6. The molecule has 0 spiro atoms. The fourth-order valence-electron chi connectivity index (χ4n) is 1.92. The molecular weight excluding hydrogens is 252 g/mol. The maximum atomic E-state index is 13.1. The highest BCUT2D eigenvalue weighted by Crippen LogP contribution is 2.18. The minimum absolute atomic E-state index is 0.256. The molecule has 1 atom stereocenters. The van der Waals surface area contributed by atoms with E-state index in [0.717, 1.165) is 12.1 Å². The SMILES string of the molecule is CCN(CC(O)c1ccc(F)c(F)c1)CC(C)(C)O. The monoisotopic (exact) mass is 273 g/mol. The number of nitrogens with zero attached hydrogens (tertiary/aromatic N) is 1. The van der Waals surface area contributed by atoms with Crippen molar-refractivity contribution >= 4 is 0 Å². The summed E-state index contributed by atoms with van der Waals surface area (Å²) in [5.41, 5.74) is -0.544. The average molecular weight is 273 g/mol. The van der Waals surface area contributed by atoms with Crippen LogP contribution < -0.4 is 0 Å². The zero-order valence-electron chi connectivity index (χ0n) is 11.5. The largest absolute Gasteiger partial charge is 0.389 e. The third-order valence-corrected chi connectivity index (χ3v) is 2.82. The molecule has 1 unspecified atom stereocenters. The molecule has 0 amide bonds. The number of hydrogen-bond acceptors (Lipinski definition) is 3. The van der Waals surface area contributed by atoms with E-state index in [2.05, 4.69) is 0 Å². The molecule has 0 fully saturated rings. The van der Waals surface area contributed by atoms with Crippen molar-refractivity contribution in [3.8, 4) is 0 Å². The molecule has 5 heteroatoms. The molecule has 0 aliphatic heterocycles. The summed E-state index contributed by atoms with van der Waals surface area (Å²) in [6.45, 7) is 6.56. The average Bonchev–Trinajstić information content (AvgIpc) is 2.29. The van der Waals surface area contributed by atoms with E-state index in [0.29, 0.717) is 18.7 Å². The number of halogens is 2. The summed E-state index contributed by atoms with van der Waals surface area (Å²) in [5, 5.41) is 19.8. The summed E-state index contributed by atoms with van der Waals surface area (Å²) in [6, 6.07) is 3.36. The van der Waals surface area contributed by atoms with E-state index in [1.54, 1.807) is 13.8 Å². The van der Waals surface area contributed by atoms with Crippen LogP contribution in [-0.2, 0) is 0 Å². The van der Waals surface area contributed by atoms with E-state index in [1.165, 1.54) is 6.07 Å². The van der Waals surface area contributed by atoms with Crippen LogP contribution in [0.25, 0.3) is 0 Å². The molecule has 0 aliphatic rings. The van der Waals surface area contributed by atoms with Gasteiger partial charge in [0.1, 0.15) is 0 Å². The van der Waals surface area contributed by atoms with Crippen LogP contribution in [0.15, 0.2) is 18.2 Å². The summed E-state index contributed by atoms with van der Waals surface area (Å²) >= 11 is 0. The predicted octanol–water partition coefficient (Wildman–Crippen LogP) is 2.09. The molecule has 2 N–H and O–H groups in total. The summed E-state index contributed by atoms with van der Waals surface area (Å²) in [4.78, 5) is 1.85. The number of aliphatic hydroxyl groups excluding tert-OH is 1. The summed E-state index contributed by atoms with van der Waals surface area (Å²) in [6.07, 6.45) is -0.919. The van der Waals surface area contributed by atoms with Crippen molar-refractivity contribution in [1.82, 2.24) is 4.90 Å². The molecule has 1 aromatic carbocycles. The van der Waals surface area contributed by atoms with Gasteiger partial charge in [-0.05, 0) is 38.1 Å². The Labute approximate surface area is 112 Å². The van der Waals surface area contributed by atoms with Gasteiger partial charge < -0.3 is 10.2 Å². The van der Waals surface area contributed by atoms with Crippen molar-refractivity contribution in [2.45, 2.75) is 32.5 Å². The number of rotatable bonds is 6. The molecule has 0 saturated carbocycles. The van der Waals surface area contributed by atoms with E-state index in [4.69, 9.17) is 0 Å². The molecule has 0 radical (unpaired) electrons. The lowest BCUT2D eigenvalue weighted by Crippen LogP contribution is -2.40. The second kappa shape index (κ2) is 6.41. The second-order valence-corrected chi connectivity index (χ2v) is 5.33. The lowest BCUT2D eigenvalue weighted by Gasteiger charge is -2.29. The molecule has 0 saturated heterocycles. The zero-order valence-corrected chi connectivity index (χ0v) is 11.5. The molecule has 0 aliphatic carbocycles. The van der Waals surface area contributed by atoms with Gasteiger partial charge in [-0.3, -0.25) is 4.90 Å². The van der Waals surface area contributed by atoms with Crippen molar-refractivity contribution in [2.75, 3.05) is 19.6 Å². The molecule has 19 heavy (non-hydrogen) atoms. The molecule has 1 rings (SSSR count). The number of hydrogen-bond donors (Lipinski definition) is 2. The van der Waals surface area contributed by atoms with Gasteiger partial charge >= 0.3 is 0 Å². The van der Waals surface area contributed by atoms with Gasteiger partial charge in [-0.2, -0.15) is 0 Å². The van der Waals surface area contributed by atoms with E-state index in [-0.39, 0.29) is 6.54 Å². The van der Waals surface area contributed by atoms with Crippen molar-refractivity contribution in [3.63, 3.8) is 0 Å². The third-order valence-electron chi connectivity index (χ3n) is 2.82. The Bertz CT molecular complexity index is 418. The maximum Gasteiger partial charge on any atom is 0.159 e. The van der Waals surface area contributed by atoms with Crippen molar-refractivity contribution < 1.29 is 19.0 Å². The van der Waals surface area contributed by atoms with Crippen LogP contribution in [0.3, 0.4) is 0 Å². The lowest BCUT2D eigenvalue weighted by molar-refractivity contribution is 0.0202. The van der Waals surface area contributed by atoms with E-state index in [1.807, 2.05) is 11.8 Å². The maximum absolute atomic E-state index is 13.1. The summed E-state index contributed by atoms with van der Waals surface area (Å²) in [5.74, 6) is -1.90. The second-order valence-electron chi connectivity index (χ2n) is 5.33. The van der Waals surface area contributed by atoms with E-state index < -0.39 is 23.3 Å². The third kappa shape index (κ3) is 5.22. The fraction of sp³-hybridized carbons (Fsp3) is 0.571. The Kier molecular flexibility index (Phi) is 5.40. The summed E-state index contributed by atoms with van der Waals surface area (Å²) < 4.78 is 25.9. The highest BCUT2D eigenvalue weighted by atomic mass is 19.2. The molecule has 1 aromatic rings. The first-order chi connectivity index (χ1) is 8.73. The molecule has 3 nitrogen and oxygen atoms in total. The molecule has 108 valence electrons. The first-order valence-electron chi connectivity index (χ1n) is 6.30. The van der Waals surface area contributed by atoms with Gasteiger partial charge in [0.05, 0.1) is 11.7 Å². The molecule has 0 heterocycles. The van der Waals surface area contributed by atoms with Crippen LogP contribution >= 0.6 is 0 Å². The molecule has 0 aromatic heterocycles. The van der Waals surface area contributed by atoms with Crippen LogP contribution in [0, 0.1) is 11.6 Å². The Morgan fingerprint density at radius 3 is 2.37 bits per heavy atom. The Morgan fingerprint density at radius 2 is 1.89 bits per heavy atom. The van der Waals surface area contributed by atoms with Crippen LogP contribution in [0.5, 0.6) is 0 Å². The van der Waals surface area contributed by atoms with Gasteiger partial charge in [0, 0.05) is 13.1 Å². The topological polar surface area (TPSA) is 43.7 Å². The lowest BCUT2D eigenvalue weighted by atomic mass is 10.1. The van der Waals surface area contributed by atoms with Crippen LogP contribution in [0.1, 0.15) is 32.4 Å². The Hall–Kier alpha value is -1.04. The van der Waals surface area contributed by atoms with Crippen molar-refractivity contribution in [1.29, 1.82) is 0 Å². The van der Waals surface area contributed by atoms with E-state index >= 15 is 0 Å². The quantitative estimate of drug-likeness (QED) is 0.834. The normalized spacial score (nSPS) is 13.9. The Balaban J connectivity index is 2.71. The minimum atomic E-state index is -0.970. The van der Waals surface area contributed by atoms with Gasteiger partial charge in [0.15, 0.2) is 11.6 Å². The Morgan fingerprint density at radius 1 is 1.26 bits per heavy atom. The predicted molar refractivity (Wildman–Crippen MR) is 69.7 cm³/mol. The van der Waals surface area contributed by atoms with Crippen molar-refractivity contribution in [3.05, 3.63) is 35.4 Å². The summed E-state index contributed by atoms with van der Waals surface area (Å²) in [7, 11) is 0. The minimum Gasteiger partial charge on any atom is -0.389 e. The van der Waals surface area contributed by atoms with Gasteiger partial charge in [-0.1, -0.05) is 13.0 Å². The van der Waals surface area contributed by atoms with Crippen LogP contribution in [0.4, 0.5) is 8.78 Å². The number of likely N-dealkylation sites (N-methyl/N-ethyl adjacent to an activating group) is 1.